The molecule has 1 saturated carbocycles. The van der Waals surface area contributed by atoms with Crippen LogP contribution in [-0.2, 0) is 0 Å². The molecule has 3 aliphatic rings. The molecule has 2 bridgehead atoms. The molecule has 182 valence electrons. The molecule has 2 aliphatic heterocycles. The summed E-state index contributed by atoms with van der Waals surface area (Å²) in [4.78, 5) is 14.2. The number of phenols is 1. The van der Waals surface area contributed by atoms with Crippen LogP contribution in [0.5, 0.6) is 11.8 Å². The number of benzene rings is 1. The minimum atomic E-state index is -0.965. The predicted octanol–water partition coefficient (Wildman–Crippen LogP) is 3.05. The van der Waals surface area contributed by atoms with Gasteiger partial charge in [-0.05, 0) is 44.2 Å². The van der Waals surface area contributed by atoms with Crippen LogP contribution < -0.4 is 15.0 Å². The molecule has 0 amide bonds. The van der Waals surface area contributed by atoms with Crippen molar-refractivity contribution >= 4 is 5.82 Å². The summed E-state index contributed by atoms with van der Waals surface area (Å²) in [5, 5.41) is 22.6. The van der Waals surface area contributed by atoms with Gasteiger partial charge in [0.1, 0.15) is 17.6 Å². The quantitative estimate of drug-likeness (QED) is 0.549. The maximum atomic E-state index is 15.3. The van der Waals surface area contributed by atoms with Crippen LogP contribution in [0.1, 0.15) is 32.1 Å². The molecule has 0 radical (unpaired) electrons. The molecule has 4 atom stereocenters. The van der Waals surface area contributed by atoms with E-state index in [0.717, 1.165) is 38.3 Å². The zero-order valence-electron chi connectivity index (χ0n) is 19.1. The highest BCUT2D eigenvalue weighted by Gasteiger charge is 2.48. The van der Waals surface area contributed by atoms with Crippen LogP contribution in [0.2, 0.25) is 0 Å². The van der Waals surface area contributed by atoms with Gasteiger partial charge < -0.3 is 20.1 Å². The van der Waals surface area contributed by atoms with E-state index in [0.29, 0.717) is 23.0 Å². The van der Waals surface area contributed by atoms with Gasteiger partial charge in [-0.15, -0.1) is 10.2 Å². The summed E-state index contributed by atoms with van der Waals surface area (Å²) in [5.74, 6) is -0.0161. The van der Waals surface area contributed by atoms with Crippen molar-refractivity contribution in [2.75, 3.05) is 12.0 Å². The number of halogens is 2. The summed E-state index contributed by atoms with van der Waals surface area (Å²) in [5.41, 5.74) is 0.698. The molecule has 4 heterocycles. The number of rotatable bonds is 6. The first-order valence-electron chi connectivity index (χ1n) is 11.8. The van der Waals surface area contributed by atoms with Crippen LogP contribution >= 0.6 is 0 Å². The van der Waals surface area contributed by atoms with Crippen LogP contribution in [0.4, 0.5) is 14.6 Å². The molecule has 2 saturated heterocycles. The first kappa shape index (κ1) is 22.0. The van der Waals surface area contributed by atoms with Gasteiger partial charge in [0.25, 0.3) is 0 Å². The number of hydrogen-bond donors (Lipinski definition) is 2. The number of alkyl halides is 1. The lowest BCUT2D eigenvalue weighted by Gasteiger charge is -2.40. The summed E-state index contributed by atoms with van der Waals surface area (Å²) >= 11 is 0. The lowest BCUT2D eigenvalue weighted by molar-refractivity contribution is 0.171. The van der Waals surface area contributed by atoms with Crippen molar-refractivity contribution in [1.29, 1.82) is 0 Å². The Morgan fingerprint density at radius 2 is 1.97 bits per heavy atom. The Hall–Kier alpha value is -3.47. The predicted molar refractivity (Wildman–Crippen MR) is 123 cm³/mol. The van der Waals surface area contributed by atoms with E-state index in [1.807, 2.05) is 0 Å². The number of aromatic nitrogens is 5. The second kappa shape index (κ2) is 8.63. The zero-order valence-corrected chi connectivity index (χ0v) is 19.1. The van der Waals surface area contributed by atoms with Crippen molar-refractivity contribution < 1.29 is 18.6 Å². The van der Waals surface area contributed by atoms with Gasteiger partial charge in [-0.2, -0.15) is 4.98 Å². The monoisotopic (exact) mass is 481 g/mol. The Balaban J connectivity index is 1.27. The second-order valence-electron chi connectivity index (χ2n) is 9.36. The molecule has 0 unspecified atom stereocenters. The number of hydrogen-bond acceptors (Lipinski definition) is 9. The molecular formula is C24H25F2N7O2. The van der Waals surface area contributed by atoms with E-state index in [9.17, 15) is 9.50 Å². The average Bonchev–Trinajstić information content (AvgIpc) is 3.62. The van der Waals surface area contributed by atoms with Gasteiger partial charge in [-0.1, -0.05) is 6.07 Å². The highest BCUT2D eigenvalue weighted by molar-refractivity contribution is 5.71. The highest BCUT2D eigenvalue weighted by atomic mass is 19.1. The molecular weight excluding hydrogens is 456 g/mol. The molecule has 35 heavy (non-hydrogen) atoms. The molecule has 0 spiro atoms. The minimum absolute atomic E-state index is 0.00452. The smallest absolute Gasteiger partial charge is 0.316 e. The molecule has 1 aromatic carbocycles. The van der Waals surface area contributed by atoms with Gasteiger partial charge in [0.05, 0.1) is 31.1 Å². The molecule has 3 fully saturated rings. The number of fused-ring (bicyclic) bond motifs is 2. The number of anilines is 1. The van der Waals surface area contributed by atoms with E-state index >= 15 is 4.39 Å². The summed E-state index contributed by atoms with van der Waals surface area (Å²) in [6.45, 7) is 0. The standard InChI is InChI=1S/C24H25F2N7O2/c1-35-24-28-10-16(25)22(30-24)12-2-6-15(19(34)8-12)23-27-11-20(31-32-23)33(14-4-5-14)18-9-13-3-7-17(29-13)21(18)26/h2,6,8,10-11,13-14,17-18,21,29,34H,3-5,7,9H2,1H3/t13-,17+,18+,21-/m0/s1. The molecule has 1 aliphatic carbocycles. The Labute approximate surface area is 200 Å². The third-order valence-corrected chi connectivity index (χ3v) is 7.08. The number of aromatic hydroxyl groups is 1. The van der Waals surface area contributed by atoms with Gasteiger partial charge in [-0.3, -0.25) is 0 Å². The van der Waals surface area contributed by atoms with Gasteiger partial charge in [0, 0.05) is 23.7 Å². The van der Waals surface area contributed by atoms with Gasteiger partial charge in [0.2, 0.25) is 0 Å². The molecule has 2 N–H and O–H groups in total. The molecule has 6 rings (SSSR count). The fourth-order valence-electron chi connectivity index (χ4n) is 5.25. The van der Waals surface area contributed by atoms with Crippen molar-refractivity contribution in [3.8, 4) is 34.4 Å². The third kappa shape index (κ3) is 4.03. The number of methoxy groups -OCH3 is 1. The lowest BCUT2D eigenvalue weighted by atomic mass is 9.96. The van der Waals surface area contributed by atoms with E-state index in [1.165, 1.54) is 13.2 Å². The number of nitrogens with zero attached hydrogens (tertiary/aromatic N) is 6. The normalized spacial score (nSPS) is 25.5. The third-order valence-electron chi connectivity index (χ3n) is 7.08. The van der Waals surface area contributed by atoms with Crippen molar-refractivity contribution in [2.45, 2.75) is 62.4 Å². The SMILES string of the molecule is COc1ncc(F)c(-c2ccc(-c3ncc(N(C4CC4)[C@@H]4C[C@@H]5CC[C@@H](N5)[C@@H]4F)nn3)c(O)c2)n1. The summed E-state index contributed by atoms with van der Waals surface area (Å²) in [6.07, 6.45) is 6.26. The Morgan fingerprint density at radius 1 is 1.11 bits per heavy atom. The van der Waals surface area contributed by atoms with Crippen LogP contribution in [0, 0.1) is 5.82 Å². The van der Waals surface area contributed by atoms with Crippen LogP contribution in [0.15, 0.2) is 30.6 Å². The number of ether oxygens (including phenoxy) is 1. The maximum Gasteiger partial charge on any atom is 0.316 e. The van der Waals surface area contributed by atoms with Gasteiger partial charge in [-0.25, -0.2) is 18.7 Å². The highest BCUT2D eigenvalue weighted by Crippen LogP contribution is 2.40. The number of piperidine rings is 1. The topological polar surface area (TPSA) is 109 Å². The lowest BCUT2D eigenvalue weighted by Crippen LogP contribution is -2.57. The van der Waals surface area contributed by atoms with Gasteiger partial charge in [0.15, 0.2) is 17.5 Å². The first-order valence-corrected chi connectivity index (χ1v) is 11.8. The van der Waals surface area contributed by atoms with Crippen molar-refractivity contribution in [1.82, 2.24) is 30.5 Å². The van der Waals surface area contributed by atoms with E-state index < -0.39 is 12.0 Å². The largest absolute Gasteiger partial charge is 0.507 e. The van der Waals surface area contributed by atoms with Gasteiger partial charge >= 0.3 is 6.01 Å². The van der Waals surface area contributed by atoms with Crippen molar-refractivity contribution in [3.05, 3.63) is 36.4 Å². The fourth-order valence-corrected chi connectivity index (χ4v) is 5.25. The average molecular weight is 482 g/mol. The Kier molecular flexibility index (Phi) is 5.43. The molecule has 9 nitrogen and oxygen atoms in total. The van der Waals surface area contributed by atoms with Crippen LogP contribution in [0.25, 0.3) is 22.6 Å². The number of nitrogens with one attached hydrogen (secondary N) is 1. The molecule has 11 heteroatoms. The van der Waals surface area contributed by atoms with Crippen LogP contribution in [0.3, 0.4) is 0 Å². The molecule has 2 aromatic heterocycles. The van der Waals surface area contributed by atoms with Crippen LogP contribution in [-0.4, -0.2) is 67.7 Å². The van der Waals surface area contributed by atoms with E-state index in [1.54, 1.807) is 18.3 Å². The second-order valence-corrected chi connectivity index (χ2v) is 9.36. The van der Waals surface area contributed by atoms with E-state index in [2.05, 4.69) is 35.4 Å². The van der Waals surface area contributed by atoms with E-state index in [-0.39, 0.29) is 41.4 Å². The van der Waals surface area contributed by atoms with Crippen molar-refractivity contribution in [3.63, 3.8) is 0 Å². The summed E-state index contributed by atoms with van der Waals surface area (Å²) in [6, 6.07) is 4.84. The summed E-state index contributed by atoms with van der Waals surface area (Å²) in [7, 11) is 1.39. The Bertz CT molecular complexity index is 1240. The maximum absolute atomic E-state index is 15.3. The Morgan fingerprint density at radius 3 is 2.69 bits per heavy atom. The molecule has 3 aromatic rings. The van der Waals surface area contributed by atoms with Crippen molar-refractivity contribution in [2.24, 2.45) is 0 Å². The fraction of sp³-hybridized carbons (Fsp3) is 0.458. The minimum Gasteiger partial charge on any atom is -0.507 e. The first-order chi connectivity index (χ1) is 17.0. The number of phenolic OH excluding ortho intramolecular Hbond substituents is 1. The summed E-state index contributed by atoms with van der Waals surface area (Å²) < 4.78 is 34.5. The zero-order chi connectivity index (χ0) is 24.1. The van der Waals surface area contributed by atoms with E-state index in [4.69, 9.17) is 4.74 Å².